The smallest absolute Gasteiger partial charge is 0.201 e. The number of ketones is 1. The van der Waals surface area contributed by atoms with E-state index in [9.17, 15) is 9.90 Å². The zero-order chi connectivity index (χ0) is 19.1. The van der Waals surface area contributed by atoms with Crippen molar-refractivity contribution >= 4 is 5.78 Å². The molecule has 0 amide bonds. The van der Waals surface area contributed by atoms with Gasteiger partial charge in [-0.2, -0.15) is 0 Å². The van der Waals surface area contributed by atoms with E-state index in [-0.39, 0.29) is 11.8 Å². The molecule has 1 spiro atoms. The van der Waals surface area contributed by atoms with Crippen LogP contribution in [0.4, 0.5) is 0 Å². The van der Waals surface area contributed by atoms with Crippen molar-refractivity contribution in [1.82, 2.24) is 9.80 Å². The van der Waals surface area contributed by atoms with Crippen LogP contribution in [0.2, 0.25) is 0 Å². The number of hydrogen-bond donors (Lipinski definition) is 1. The highest BCUT2D eigenvalue weighted by Gasteiger charge is 2.73. The van der Waals surface area contributed by atoms with Crippen LogP contribution in [0.25, 0.3) is 0 Å². The molecule has 1 aromatic rings. The van der Waals surface area contributed by atoms with Crippen LogP contribution in [-0.2, 0) is 16.6 Å². The molecule has 1 saturated carbocycles. The van der Waals surface area contributed by atoms with Gasteiger partial charge in [-0.1, -0.05) is 6.07 Å². The molecule has 6 nitrogen and oxygen atoms in total. The van der Waals surface area contributed by atoms with Crippen molar-refractivity contribution in [2.45, 2.75) is 42.4 Å². The fourth-order valence-corrected chi connectivity index (χ4v) is 6.03. The molecule has 1 N–H and O–H groups in total. The lowest BCUT2D eigenvalue weighted by Crippen LogP contribution is -2.76. The molecule has 2 aliphatic heterocycles. The topological polar surface area (TPSA) is 62.2 Å². The Labute approximate surface area is 159 Å². The van der Waals surface area contributed by atoms with Crippen LogP contribution in [-0.4, -0.2) is 73.2 Å². The Balaban J connectivity index is 1.80. The Hall–Kier alpha value is -2.05. The van der Waals surface area contributed by atoms with Gasteiger partial charge in [0.1, 0.15) is 0 Å². The van der Waals surface area contributed by atoms with E-state index in [1.54, 1.807) is 7.11 Å². The SMILES string of the molecule is COc1ccc2c3c1OC1C(=O)/C(=C/N(C)C)CC4(O)C(C2)N(C)CCC314. The Morgan fingerprint density at radius 3 is 2.89 bits per heavy atom. The summed E-state index contributed by atoms with van der Waals surface area (Å²) in [6.07, 6.45) is 2.95. The molecule has 4 atom stereocenters. The van der Waals surface area contributed by atoms with Crippen LogP contribution >= 0.6 is 0 Å². The third-order valence-corrected chi connectivity index (χ3v) is 7.11. The minimum Gasteiger partial charge on any atom is -0.493 e. The van der Waals surface area contributed by atoms with Crippen molar-refractivity contribution in [3.8, 4) is 11.5 Å². The number of aliphatic hydroxyl groups is 1. The average molecular weight is 370 g/mol. The van der Waals surface area contributed by atoms with Gasteiger partial charge in [0.05, 0.1) is 18.1 Å². The Kier molecular flexibility index (Phi) is 3.33. The van der Waals surface area contributed by atoms with Crippen LogP contribution in [0.15, 0.2) is 23.9 Å². The molecule has 0 aromatic heterocycles. The maximum Gasteiger partial charge on any atom is 0.201 e. The van der Waals surface area contributed by atoms with E-state index in [2.05, 4.69) is 18.0 Å². The van der Waals surface area contributed by atoms with Gasteiger partial charge in [-0.3, -0.25) is 4.79 Å². The summed E-state index contributed by atoms with van der Waals surface area (Å²) in [6, 6.07) is 3.96. The second kappa shape index (κ2) is 5.26. The molecule has 0 radical (unpaired) electrons. The summed E-state index contributed by atoms with van der Waals surface area (Å²) in [5.74, 6) is 1.28. The van der Waals surface area contributed by atoms with Crippen molar-refractivity contribution in [1.29, 1.82) is 0 Å². The molecule has 5 rings (SSSR count). The van der Waals surface area contributed by atoms with Gasteiger partial charge < -0.3 is 24.4 Å². The summed E-state index contributed by atoms with van der Waals surface area (Å²) in [4.78, 5) is 17.5. The number of ether oxygens (including phenoxy) is 2. The second-order valence-electron chi connectivity index (χ2n) is 8.63. The predicted octanol–water partition coefficient (Wildman–Crippen LogP) is 1.10. The van der Waals surface area contributed by atoms with Crippen molar-refractivity contribution < 1.29 is 19.4 Å². The van der Waals surface area contributed by atoms with Gasteiger partial charge >= 0.3 is 0 Å². The second-order valence-corrected chi connectivity index (χ2v) is 8.63. The zero-order valence-electron chi connectivity index (χ0n) is 16.3. The maximum absolute atomic E-state index is 13.4. The van der Waals surface area contributed by atoms with Gasteiger partial charge in [0.2, 0.25) is 5.78 Å². The summed E-state index contributed by atoms with van der Waals surface area (Å²) < 4.78 is 11.9. The number of likely N-dealkylation sites (tertiary alicyclic amines) is 1. The van der Waals surface area contributed by atoms with Crippen molar-refractivity contribution in [2.24, 2.45) is 0 Å². The maximum atomic E-state index is 13.4. The molecule has 1 aromatic carbocycles. The first kappa shape index (κ1) is 17.1. The number of carbonyl (C=O) groups excluding carboxylic acids is 1. The zero-order valence-corrected chi connectivity index (χ0v) is 16.3. The molecule has 27 heavy (non-hydrogen) atoms. The first-order chi connectivity index (χ1) is 12.8. The van der Waals surface area contributed by atoms with E-state index in [1.165, 1.54) is 5.56 Å². The van der Waals surface area contributed by atoms with Gasteiger partial charge in [-0.15, -0.1) is 0 Å². The lowest BCUT2D eigenvalue weighted by Gasteiger charge is -2.62. The van der Waals surface area contributed by atoms with E-state index in [0.29, 0.717) is 29.9 Å². The number of carbonyl (C=O) groups is 1. The molecule has 1 saturated heterocycles. The molecule has 144 valence electrons. The number of likely N-dealkylation sites (N-methyl/N-ethyl adjacent to an activating group) is 1. The van der Waals surface area contributed by atoms with Crippen molar-refractivity contribution in [2.75, 3.05) is 34.8 Å². The fourth-order valence-electron chi connectivity index (χ4n) is 6.03. The predicted molar refractivity (Wildman–Crippen MR) is 100 cm³/mol. The normalized spacial score (nSPS) is 37.8. The number of Topliss-reactive ketones (excluding diaryl/α,β-unsaturated/α-hetero) is 1. The molecule has 4 aliphatic rings. The Bertz CT molecular complexity index is 879. The summed E-state index contributed by atoms with van der Waals surface area (Å²) in [6.45, 7) is 0.836. The Morgan fingerprint density at radius 1 is 1.41 bits per heavy atom. The van der Waals surface area contributed by atoms with Crippen LogP contribution in [0, 0.1) is 0 Å². The van der Waals surface area contributed by atoms with Crippen molar-refractivity contribution in [3.63, 3.8) is 0 Å². The molecule has 4 unspecified atom stereocenters. The molecule has 2 bridgehead atoms. The van der Waals surface area contributed by atoms with Crippen molar-refractivity contribution in [3.05, 3.63) is 35.0 Å². The largest absolute Gasteiger partial charge is 0.493 e. The monoisotopic (exact) mass is 370 g/mol. The first-order valence-corrected chi connectivity index (χ1v) is 9.54. The lowest BCUT2D eigenvalue weighted by atomic mass is 9.48. The number of hydrogen-bond acceptors (Lipinski definition) is 6. The third-order valence-electron chi connectivity index (χ3n) is 7.11. The highest BCUT2D eigenvalue weighted by Crippen LogP contribution is 2.65. The summed E-state index contributed by atoms with van der Waals surface area (Å²) >= 11 is 0. The van der Waals surface area contributed by atoms with Crippen LogP contribution < -0.4 is 9.47 Å². The van der Waals surface area contributed by atoms with E-state index in [4.69, 9.17) is 9.47 Å². The lowest BCUT2D eigenvalue weighted by molar-refractivity contribution is -0.176. The van der Waals surface area contributed by atoms with Crippen LogP contribution in [0.5, 0.6) is 11.5 Å². The number of rotatable bonds is 2. The third kappa shape index (κ3) is 1.85. The van der Waals surface area contributed by atoms with E-state index in [0.717, 1.165) is 18.5 Å². The molecular formula is C21H26N2O4. The highest BCUT2D eigenvalue weighted by molar-refractivity contribution is 6.03. The summed E-state index contributed by atoms with van der Waals surface area (Å²) in [7, 11) is 7.48. The fraction of sp³-hybridized carbons (Fsp3) is 0.571. The minimum atomic E-state index is -1.04. The van der Waals surface area contributed by atoms with Gasteiger partial charge in [0.15, 0.2) is 17.6 Å². The van der Waals surface area contributed by atoms with Crippen LogP contribution in [0.3, 0.4) is 0 Å². The van der Waals surface area contributed by atoms with Gasteiger partial charge in [0, 0.05) is 43.9 Å². The van der Waals surface area contributed by atoms with E-state index in [1.807, 2.05) is 31.3 Å². The Morgan fingerprint density at radius 2 is 2.19 bits per heavy atom. The first-order valence-electron chi connectivity index (χ1n) is 9.54. The number of methoxy groups -OCH3 is 1. The van der Waals surface area contributed by atoms with Crippen LogP contribution in [0.1, 0.15) is 24.0 Å². The molecule has 2 heterocycles. The molecule has 2 fully saturated rings. The quantitative estimate of drug-likeness (QED) is 0.787. The van der Waals surface area contributed by atoms with E-state index < -0.39 is 17.1 Å². The standard InChI is InChI=1S/C21H26N2O4/c1-22(2)11-13-10-21(25)15-9-12-5-6-14(26-4)18-16(12)20(21,7-8-23(15)3)19(27-18)17(13)24/h5-6,11,15,19,25H,7-10H2,1-4H3/b13-11+. The van der Waals surface area contributed by atoms with Gasteiger partial charge in [-0.05, 0) is 38.1 Å². The molecular weight excluding hydrogens is 344 g/mol. The number of benzene rings is 1. The summed E-state index contributed by atoms with van der Waals surface area (Å²) in [5.41, 5.74) is 1.09. The van der Waals surface area contributed by atoms with E-state index >= 15 is 0 Å². The van der Waals surface area contributed by atoms with Gasteiger partial charge in [0.25, 0.3) is 0 Å². The number of nitrogens with zero attached hydrogens (tertiary/aromatic N) is 2. The average Bonchev–Trinajstić information content (AvgIpc) is 2.97. The summed E-state index contributed by atoms with van der Waals surface area (Å²) in [5, 5.41) is 12.2. The highest BCUT2D eigenvalue weighted by atomic mass is 16.5. The van der Waals surface area contributed by atoms with Gasteiger partial charge in [-0.25, -0.2) is 0 Å². The minimum absolute atomic E-state index is 0.0113. The number of piperidine rings is 1. The molecule has 2 aliphatic carbocycles. The molecule has 6 heteroatoms.